The fourth-order valence-electron chi connectivity index (χ4n) is 1.32. The van der Waals surface area contributed by atoms with Crippen LogP contribution < -0.4 is 11.2 Å². The van der Waals surface area contributed by atoms with Crippen LogP contribution in [0, 0.1) is 0 Å². The number of halogens is 2. The topological polar surface area (TPSA) is 96.2 Å². The molecule has 1 rings (SSSR count). The highest BCUT2D eigenvalue weighted by molar-refractivity contribution is 5.70. The number of alkyl halides is 2. The number of hydrogen-bond donors (Lipinski definition) is 3. The molecule has 0 aliphatic rings. The molecule has 1 aromatic rings. The summed E-state index contributed by atoms with van der Waals surface area (Å²) in [6.45, 7) is -0.0502. The molecule has 88 valence electrons. The third-order valence-corrected chi connectivity index (χ3v) is 1.97. The third kappa shape index (κ3) is 2.63. The Morgan fingerprint density at radius 3 is 2.62 bits per heavy atom. The smallest absolute Gasteiger partial charge is 0.309 e. The molecule has 1 heterocycles. The van der Waals surface area contributed by atoms with Crippen LogP contribution in [0.5, 0.6) is 0 Å². The highest BCUT2D eigenvalue weighted by Crippen LogP contribution is 2.18. The van der Waals surface area contributed by atoms with E-state index in [9.17, 15) is 18.4 Å². The number of H-pyrrole nitrogens is 1. The zero-order valence-electron chi connectivity index (χ0n) is 8.17. The number of nitrogens with two attached hydrogens (primary N) is 1. The average molecular weight is 232 g/mol. The number of aliphatic carboxylic acids is 1. The number of hydrogen-bond acceptors (Lipinski definition) is 3. The van der Waals surface area contributed by atoms with Gasteiger partial charge in [-0.15, -0.1) is 0 Å². The molecule has 0 fully saturated rings. The van der Waals surface area contributed by atoms with Gasteiger partial charge in [-0.05, 0) is 0 Å². The lowest BCUT2D eigenvalue weighted by atomic mass is 10.1. The van der Waals surface area contributed by atoms with Crippen LogP contribution in [0.4, 0.5) is 8.78 Å². The van der Waals surface area contributed by atoms with Crippen molar-refractivity contribution in [2.75, 3.05) is 0 Å². The summed E-state index contributed by atoms with van der Waals surface area (Å²) in [5, 5.41) is 8.53. The first-order chi connectivity index (χ1) is 7.45. The summed E-state index contributed by atoms with van der Waals surface area (Å²) in [6, 6.07) is 0.951. The summed E-state index contributed by atoms with van der Waals surface area (Å²) in [6.07, 6.45) is -3.67. The molecular formula is C9H10F2N2O3. The number of pyridine rings is 1. The second-order valence-corrected chi connectivity index (χ2v) is 3.13. The number of rotatable bonds is 4. The minimum atomic E-state index is -3.01. The van der Waals surface area contributed by atoms with E-state index in [1.165, 1.54) is 0 Å². The normalized spacial score (nSPS) is 10.8. The van der Waals surface area contributed by atoms with E-state index < -0.39 is 29.8 Å². The van der Waals surface area contributed by atoms with Gasteiger partial charge in [0.25, 0.3) is 6.43 Å². The first kappa shape index (κ1) is 12.3. The maximum absolute atomic E-state index is 12.5. The van der Waals surface area contributed by atoms with Gasteiger partial charge in [0.1, 0.15) is 0 Å². The Hall–Kier alpha value is -1.76. The molecule has 1 aromatic heterocycles. The first-order valence-electron chi connectivity index (χ1n) is 4.40. The van der Waals surface area contributed by atoms with Crippen molar-refractivity contribution in [3.8, 4) is 0 Å². The van der Waals surface area contributed by atoms with Crippen molar-refractivity contribution in [2.45, 2.75) is 19.4 Å². The monoisotopic (exact) mass is 232 g/mol. The lowest BCUT2D eigenvalue weighted by molar-refractivity contribution is -0.136. The van der Waals surface area contributed by atoms with Crippen LogP contribution in [0.2, 0.25) is 0 Å². The molecule has 7 heteroatoms. The molecular weight excluding hydrogens is 222 g/mol. The van der Waals surface area contributed by atoms with Crippen molar-refractivity contribution in [3.05, 3.63) is 33.2 Å². The zero-order chi connectivity index (χ0) is 12.3. The Kier molecular flexibility index (Phi) is 3.73. The number of nitrogens with one attached hydrogen (secondary N) is 1. The minimum absolute atomic E-state index is 0.0502. The van der Waals surface area contributed by atoms with E-state index in [-0.39, 0.29) is 17.9 Å². The molecule has 0 spiro atoms. The number of carboxylic acids is 1. The Bertz CT molecular complexity index is 457. The zero-order valence-corrected chi connectivity index (χ0v) is 8.17. The van der Waals surface area contributed by atoms with Crippen molar-refractivity contribution in [1.82, 2.24) is 4.98 Å². The molecule has 4 N–H and O–H groups in total. The van der Waals surface area contributed by atoms with Crippen molar-refractivity contribution in [2.24, 2.45) is 5.73 Å². The molecule has 0 saturated carbocycles. The Labute approximate surface area is 88.9 Å². The maximum Gasteiger partial charge on any atom is 0.309 e. The molecule has 0 unspecified atom stereocenters. The molecule has 0 saturated heterocycles. The summed E-state index contributed by atoms with van der Waals surface area (Å²) >= 11 is 0. The fraction of sp³-hybridized carbons (Fsp3) is 0.333. The van der Waals surface area contributed by atoms with E-state index in [1.54, 1.807) is 0 Å². The van der Waals surface area contributed by atoms with Crippen molar-refractivity contribution in [1.29, 1.82) is 0 Å². The van der Waals surface area contributed by atoms with Crippen molar-refractivity contribution in [3.63, 3.8) is 0 Å². The molecule has 0 atom stereocenters. The number of carbonyl (C=O) groups is 1. The second kappa shape index (κ2) is 4.84. The maximum atomic E-state index is 12.5. The van der Waals surface area contributed by atoms with Crippen molar-refractivity contribution < 1.29 is 18.7 Å². The van der Waals surface area contributed by atoms with Crippen LogP contribution in [0.3, 0.4) is 0 Å². The molecule has 0 radical (unpaired) electrons. The van der Waals surface area contributed by atoms with E-state index in [0.717, 1.165) is 6.07 Å². The van der Waals surface area contributed by atoms with Gasteiger partial charge in [-0.2, -0.15) is 0 Å². The summed E-state index contributed by atoms with van der Waals surface area (Å²) in [5.41, 5.74) is 3.47. The fourth-order valence-corrected chi connectivity index (χ4v) is 1.32. The predicted molar refractivity (Wildman–Crippen MR) is 51.3 cm³/mol. The number of aromatic amines is 1. The minimum Gasteiger partial charge on any atom is -0.481 e. The second-order valence-electron chi connectivity index (χ2n) is 3.13. The van der Waals surface area contributed by atoms with E-state index >= 15 is 0 Å². The van der Waals surface area contributed by atoms with E-state index in [0.29, 0.717) is 0 Å². The first-order valence-corrected chi connectivity index (χ1v) is 4.40. The molecule has 0 aliphatic carbocycles. The van der Waals surface area contributed by atoms with Gasteiger partial charge in [-0.3, -0.25) is 9.59 Å². The van der Waals surface area contributed by atoms with E-state index in [4.69, 9.17) is 10.8 Å². The van der Waals surface area contributed by atoms with Gasteiger partial charge in [0, 0.05) is 24.0 Å². The Morgan fingerprint density at radius 1 is 1.56 bits per heavy atom. The molecule has 0 aromatic carbocycles. The number of aromatic nitrogens is 1. The van der Waals surface area contributed by atoms with Crippen LogP contribution in [0.1, 0.15) is 23.4 Å². The van der Waals surface area contributed by atoms with E-state index in [2.05, 4.69) is 4.98 Å². The summed E-state index contributed by atoms with van der Waals surface area (Å²) in [7, 11) is 0. The quantitative estimate of drug-likeness (QED) is 0.700. The van der Waals surface area contributed by atoms with Crippen LogP contribution in [0.15, 0.2) is 10.9 Å². The lowest BCUT2D eigenvalue weighted by Gasteiger charge is -2.08. The van der Waals surface area contributed by atoms with Gasteiger partial charge in [-0.25, -0.2) is 8.78 Å². The summed E-state index contributed by atoms with van der Waals surface area (Å²) in [4.78, 5) is 24.2. The molecule has 5 nitrogen and oxygen atoms in total. The molecule has 0 bridgehead atoms. The third-order valence-electron chi connectivity index (χ3n) is 1.97. The van der Waals surface area contributed by atoms with Gasteiger partial charge in [0.05, 0.1) is 12.0 Å². The van der Waals surface area contributed by atoms with Crippen LogP contribution in [-0.4, -0.2) is 16.1 Å². The van der Waals surface area contributed by atoms with Gasteiger partial charge in [0.2, 0.25) is 0 Å². The largest absolute Gasteiger partial charge is 0.481 e. The number of carboxylic acid groups (broad SMARTS) is 1. The van der Waals surface area contributed by atoms with Crippen LogP contribution in [0.25, 0.3) is 0 Å². The highest BCUT2D eigenvalue weighted by Gasteiger charge is 2.20. The van der Waals surface area contributed by atoms with E-state index in [1.807, 2.05) is 0 Å². The predicted octanol–water partition coefficient (Wildman–Crippen LogP) is 0.398. The Morgan fingerprint density at radius 2 is 2.19 bits per heavy atom. The van der Waals surface area contributed by atoms with Gasteiger partial charge < -0.3 is 15.8 Å². The Balaban J connectivity index is 3.34. The molecule has 16 heavy (non-hydrogen) atoms. The standard InChI is InChI=1S/C9H10F2N2O3/c10-9(11)8-5(2-7(15)16)13-4(3-12)1-6(8)14/h1,9H,2-3,12H2,(H,13,14)(H,15,16). The van der Waals surface area contributed by atoms with Gasteiger partial charge >= 0.3 is 5.97 Å². The molecule has 0 aliphatic heterocycles. The van der Waals surface area contributed by atoms with Crippen molar-refractivity contribution >= 4 is 5.97 Å². The highest BCUT2D eigenvalue weighted by atomic mass is 19.3. The average Bonchev–Trinajstić information content (AvgIpc) is 2.14. The van der Waals surface area contributed by atoms with Gasteiger partial charge in [0.15, 0.2) is 5.43 Å². The summed E-state index contributed by atoms with van der Waals surface area (Å²) < 4.78 is 25.1. The SMILES string of the molecule is NCc1cc(=O)c(C(F)F)c(CC(=O)O)[nH]1. The summed E-state index contributed by atoms with van der Waals surface area (Å²) in [5.74, 6) is -1.30. The van der Waals surface area contributed by atoms with Crippen LogP contribution in [-0.2, 0) is 17.8 Å². The molecule has 0 amide bonds. The van der Waals surface area contributed by atoms with Crippen LogP contribution >= 0.6 is 0 Å². The van der Waals surface area contributed by atoms with Gasteiger partial charge in [-0.1, -0.05) is 0 Å². The lowest BCUT2D eigenvalue weighted by Crippen LogP contribution is -2.19.